The molecule has 2 N–H and O–H groups in total. The Kier molecular flexibility index (Phi) is 5.61. The highest BCUT2D eigenvalue weighted by molar-refractivity contribution is 7.89. The second-order valence-corrected chi connectivity index (χ2v) is 10.2. The first-order valence-corrected chi connectivity index (χ1v) is 10.9. The van der Waals surface area contributed by atoms with Gasteiger partial charge in [0.2, 0.25) is 15.9 Å². The standard InChI is InChI=1S/C19H28FN3O3S/c1-19(2)13-22(10-9-17(19)21)18(24)14-7-11-23(12-8-14)27(25,26)16-6-4-3-5-15(16)20/h3-6,14,17H,7-13,21H2,1-2H3. The van der Waals surface area contributed by atoms with Crippen LogP contribution < -0.4 is 5.73 Å². The first kappa shape index (κ1) is 20.2. The zero-order valence-corrected chi connectivity index (χ0v) is 16.7. The number of nitrogens with zero attached hydrogens (tertiary/aromatic N) is 2. The van der Waals surface area contributed by atoms with Gasteiger partial charge in [-0.2, -0.15) is 4.31 Å². The van der Waals surface area contributed by atoms with E-state index in [0.29, 0.717) is 25.9 Å². The molecule has 0 saturated carbocycles. The number of amides is 1. The molecule has 0 aliphatic carbocycles. The highest BCUT2D eigenvalue weighted by Crippen LogP contribution is 2.31. The number of carbonyl (C=O) groups is 1. The first-order chi connectivity index (χ1) is 12.6. The van der Waals surface area contributed by atoms with Gasteiger partial charge < -0.3 is 10.6 Å². The van der Waals surface area contributed by atoms with Crippen LogP contribution in [0.3, 0.4) is 0 Å². The van der Waals surface area contributed by atoms with Crippen molar-refractivity contribution in [1.29, 1.82) is 0 Å². The number of likely N-dealkylation sites (tertiary alicyclic amines) is 1. The lowest BCUT2D eigenvalue weighted by Gasteiger charge is -2.44. The van der Waals surface area contributed by atoms with Gasteiger partial charge in [0.25, 0.3) is 0 Å². The van der Waals surface area contributed by atoms with Crippen molar-refractivity contribution in [3.63, 3.8) is 0 Å². The summed E-state index contributed by atoms with van der Waals surface area (Å²) in [6, 6.07) is 5.47. The minimum absolute atomic E-state index is 0.0781. The van der Waals surface area contributed by atoms with Crippen molar-refractivity contribution in [3.05, 3.63) is 30.1 Å². The largest absolute Gasteiger partial charge is 0.342 e. The summed E-state index contributed by atoms with van der Waals surface area (Å²) in [6.07, 6.45) is 1.68. The molecule has 0 bridgehead atoms. The van der Waals surface area contributed by atoms with Crippen LogP contribution in [-0.2, 0) is 14.8 Å². The third kappa shape index (κ3) is 4.02. The maximum absolute atomic E-state index is 13.9. The summed E-state index contributed by atoms with van der Waals surface area (Å²) in [6.45, 7) is 5.87. The van der Waals surface area contributed by atoms with Crippen molar-refractivity contribution in [1.82, 2.24) is 9.21 Å². The van der Waals surface area contributed by atoms with Crippen molar-refractivity contribution < 1.29 is 17.6 Å². The number of hydrogen-bond donors (Lipinski definition) is 1. The van der Waals surface area contributed by atoms with Gasteiger partial charge in [0.1, 0.15) is 10.7 Å². The summed E-state index contributed by atoms with van der Waals surface area (Å²) in [7, 11) is -3.88. The Bertz CT molecular complexity index is 804. The maximum atomic E-state index is 13.9. The SMILES string of the molecule is CC1(C)CN(C(=O)C2CCN(S(=O)(=O)c3ccccc3F)CC2)CCC1N. The van der Waals surface area contributed by atoms with E-state index < -0.39 is 15.8 Å². The summed E-state index contributed by atoms with van der Waals surface area (Å²) >= 11 is 0. The molecule has 0 spiro atoms. The highest BCUT2D eigenvalue weighted by Gasteiger charge is 2.39. The molecule has 0 radical (unpaired) electrons. The monoisotopic (exact) mass is 397 g/mol. The highest BCUT2D eigenvalue weighted by atomic mass is 32.2. The Morgan fingerprint density at radius 1 is 1.15 bits per heavy atom. The molecule has 1 amide bonds. The number of benzene rings is 1. The lowest BCUT2D eigenvalue weighted by Crippen LogP contribution is -2.55. The van der Waals surface area contributed by atoms with Crippen molar-refractivity contribution in [2.24, 2.45) is 17.1 Å². The molecule has 2 saturated heterocycles. The average Bonchev–Trinajstić information content (AvgIpc) is 2.63. The number of piperidine rings is 2. The molecule has 1 atom stereocenters. The minimum Gasteiger partial charge on any atom is -0.342 e. The lowest BCUT2D eigenvalue weighted by molar-refractivity contribution is -0.140. The summed E-state index contributed by atoms with van der Waals surface area (Å²) in [5.74, 6) is -0.859. The molecule has 2 heterocycles. The van der Waals surface area contributed by atoms with Crippen molar-refractivity contribution >= 4 is 15.9 Å². The lowest BCUT2D eigenvalue weighted by atomic mass is 9.79. The maximum Gasteiger partial charge on any atom is 0.245 e. The van der Waals surface area contributed by atoms with Crippen LogP contribution in [0.1, 0.15) is 33.1 Å². The van der Waals surface area contributed by atoms with Crippen molar-refractivity contribution in [2.75, 3.05) is 26.2 Å². The smallest absolute Gasteiger partial charge is 0.245 e. The quantitative estimate of drug-likeness (QED) is 0.843. The van der Waals surface area contributed by atoms with E-state index >= 15 is 0 Å². The van der Waals surface area contributed by atoms with Crippen LogP contribution in [0.4, 0.5) is 4.39 Å². The molecule has 2 aliphatic rings. The molecule has 0 aromatic heterocycles. The van der Waals surface area contributed by atoms with E-state index in [1.807, 2.05) is 4.90 Å². The molecule has 2 aliphatic heterocycles. The number of carbonyl (C=O) groups excluding carboxylic acids is 1. The topological polar surface area (TPSA) is 83.7 Å². The molecule has 1 aromatic rings. The molecule has 150 valence electrons. The van der Waals surface area contributed by atoms with E-state index in [4.69, 9.17) is 5.73 Å². The fourth-order valence-electron chi connectivity index (χ4n) is 3.96. The second-order valence-electron chi connectivity index (χ2n) is 8.25. The van der Waals surface area contributed by atoms with E-state index in [-0.39, 0.29) is 41.3 Å². The van der Waals surface area contributed by atoms with Gasteiger partial charge in [0.05, 0.1) is 0 Å². The van der Waals surface area contributed by atoms with Gasteiger partial charge >= 0.3 is 0 Å². The Labute approximate surface area is 160 Å². The number of rotatable bonds is 3. The van der Waals surface area contributed by atoms with Crippen LogP contribution in [0.2, 0.25) is 0 Å². The average molecular weight is 398 g/mol. The van der Waals surface area contributed by atoms with Crippen LogP contribution >= 0.6 is 0 Å². The predicted molar refractivity (Wildman–Crippen MR) is 101 cm³/mol. The zero-order chi connectivity index (χ0) is 19.8. The minimum atomic E-state index is -3.88. The fourth-order valence-corrected chi connectivity index (χ4v) is 5.49. The molecule has 8 heteroatoms. The van der Waals surface area contributed by atoms with Gasteiger partial charge in [0, 0.05) is 38.1 Å². The van der Waals surface area contributed by atoms with E-state index in [1.54, 1.807) is 0 Å². The summed E-state index contributed by atoms with van der Waals surface area (Å²) in [5, 5.41) is 0. The fraction of sp³-hybridized carbons (Fsp3) is 0.632. The van der Waals surface area contributed by atoms with Gasteiger partial charge in [-0.3, -0.25) is 4.79 Å². The molecule has 1 aromatic carbocycles. The van der Waals surface area contributed by atoms with Crippen LogP contribution in [0, 0.1) is 17.2 Å². The van der Waals surface area contributed by atoms with Gasteiger partial charge in [-0.05, 0) is 36.8 Å². The third-order valence-corrected chi connectivity index (χ3v) is 7.81. The van der Waals surface area contributed by atoms with Crippen molar-refractivity contribution in [3.8, 4) is 0 Å². The predicted octanol–water partition coefficient (Wildman–Crippen LogP) is 1.81. The Morgan fingerprint density at radius 3 is 2.37 bits per heavy atom. The van der Waals surface area contributed by atoms with E-state index in [1.165, 1.54) is 22.5 Å². The van der Waals surface area contributed by atoms with E-state index in [0.717, 1.165) is 12.5 Å². The number of halogens is 1. The summed E-state index contributed by atoms with van der Waals surface area (Å²) in [5.41, 5.74) is 6.02. The van der Waals surface area contributed by atoms with Crippen LogP contribution in [0.5, 0.6) is 0 Å². The first-order valence-electron chi connectivity index (χ1n) is 9.42. The Hall–Kier alpha value is -1.51. The van der Waals surface area contributed by atoms with Crippen molar-refractivity contribution in [2.45, 2.75) is 44.0 Å². The molecule has 6 nitrogen and oxygen atoms in total. The number of nitrogens with two attached hydrogens (primary N) is 1. The van der Waals surface area contributed by atoms with E-state index in [9.17, 15) is 17.6 Å². The van der Waals surface area contributed by atoms with E-state index in [2.05, 4.69) is 13.8 Å². The number of hydrogen-bond acceptors (Lipinski definition) is 4. The molecule has 1 unspecified atom stereocenters. The molecular weight excluding hydrogens is 369 g/mol. The number of sulfonamides is 1. The molecular formula is C19H28FN3O3S. The van der Waals surface area contributed by atoms with Gasteiger partial charge in [-0.25, -0.2) is 12.8 Å². The molecule has 3 rings (SSSR count). The second kappa shape index (κ2) is 7.48. The summed E-state index contributed by atoms with van der Waals surface area (Å²) in [4.78, 5) is 14.5. The Morgan fingerprint density at radius 2 is 1.78 bits per heavy atom. The van der Waals surface area contributed by atoms with Gasteiger partial charge in [-0.1, -0.05) is 26.0 Å². The van der Waals surface area contributed by atoms with Crippen LogP contribution in [-0.4, -0.2) is 55.8 Å². The van der Waals surface area contributed by atoms with Gasteiger partial charge in [0.15, 0.2) is 0 Å². The zero-order valence-electron chi connectivity index (χ0n) is 15.9. The molecule has 27 heavy (non-hydrogen) atoms. The normalized spacial score (nSPS) is 24.7. The summed E-state index contributed by atoms with van der Waals surface area (Å²) < 4.78 is 40.6. The molecule has 2 fully saturated rings. The Balaban J connectivity index is 1.64. The van der Waals surface area contributed by atoms with Crippen LogP contribution in [0.15, 0.2) is 29.2 Å². The van der Waals surface area contributed by atoms with Gasteiger partial charge in [-0.15, -0.1) is 0 Å². The third-order valence-electron chi connectivity index (χ3n) is 5.88. The van der Waals surface area contributed by atoms with Crippen LogP contribution in [0.25, 0.3) is 0 Å².